The summed E-state index contributed by atoms with van der Waals surface area (Å²) in [5.41, 5.74) is 1.19. The summed E-state index contributed by atoms with van der Waals surface area (Å²) < 4.78 is 5.64. The Morgan fingerprint density at radius 1 is 1.43 bits per heavy atom. The maximum absolute atomic E-state index is 11.7. The summed E-state index contributed by atoms with van der Waals surface area (Å²) in [6.45, 7) is 9.81. The van der Waals surface area contributed by atoms with Gasteiger partial charge in [-0.25, -0.2) is 0 Å². The Morgan fingerprint density at radius 3 is 2.71 bits per heavy atom. The van der Waals surface area contributed by atoms with Crippen LogP contribution < -0.4 is 20.3 Å². The molecule has 1 atom stereocenters. The van der Waals surface area contributed by atoms with Gasteiger partial charge in [-0.2, -0.15) is 0 Å². The number of nitrogens with zero attached hydrogens (tertiary/aromatic N) is 1. The quantitative estimate of drug-likeness (QED) is 0.772. The lowest BCUT2D eigenvalue weighted by Gasteiger charge is -2.29. The number of nitrogens with one attached hydrogen (secondary N) is 2. The van der Waals surface area contributed by atoms with E-state index < -0.39 is 6.10 Å². The molecule has 0 spiro atoms. The standard InChI is InChI=1S/C16H23N3O2/c1-3-8-18-16(20)13(2)21-15-6-4-14(5-7-15)19-11-9-17-10-12-19/h3-7,13,17H,1,8-12H2,2H3,(H,18,20). The van der Waals surface area contributed by atoms with E-state index in [2.05, 4.69) is 22.1 Å². The number of piperazine rings is 1. The first-order valence-electron chi connectivity index (χ1n) is 7.31. The average molecular weight is 289 g/mol. The van der Waals surface area contributed by atoms with Crippen LogP contribution in [-0.2, 0) is 4.79 Å². The Hall–Kier alpha value is -2.01. The molecule has 1 aliphatic rings. The number of amides is 1. The molecule has 0 aromatic heterocycles. The van der Waals surface area contributed by atoms with Crippen molar-refractivity contribution < 1.29 is 9.53 Å². The van der Waals surface area contributed by atoms with Gasteiger partial charge in [-0.15, -0.1) is 6.58 Å². The first-order valence-corrected chi connectivity index (χ1v) is 7.31. The van der Waals surface area contributed by atoms with Gasteiger partial charge < -0.3 is 20.3 Å². The molecule has 2 rings (SSSR count). The van der Waals surface area contributed by atoms with Crippen LogP contribution in [0.4, 0.5) is 5.69 Å². The predicted octanol–water partition coefficient (Wildman–Crippen LogP) is 1.17. The van der Waals surface area contributed by atoms with Crippen molar-refractivity contribution in [3.05, 3.63) is 36.9 Å². The fraction of sp³-hybridized carbons (Fsp3) is 0.438. The minimum atomic E-state index is -0.519. The Bertz CT molecular complexity index is 467. The SMILES string of the molecule is C=CCNC(=O)C(C)Oc1ccc(N2CCNCC2)cc1. The minimum absolute atomic E-state index is 0.138. The molecule has 1 amide bonds. The molecule has 1 fully saturated rings. The molecule has 0 radical (unpaired) electrons. The van der Waals surface area contributed by atoms with E-state index >= 15 is 0 Å². The molecule has 1 aromatic carbocycles. The van der Waals surface area contributed by atoms with Crippen molar-refractivity contribution >= 4 is 11.6 Å². The molecule has 114 valence electrons. The van der Waals surface area contributed by atoms with Crippen molar-refractivity contribution in [2.75, 3.05) is 37.6 Å². The van der Waals surface area contributed by atoms with Gasteiger partial charge >= 0.3 is 0 Å². The highest BCUT2D eigenvalue weighted by atomic mass is 16.5. The number of carbonyl (C=O) groups excluding carboxylic acids is 1. The van der Waals surface area contributed by atoms with Crippen LogP contribution in [0, 0.1) is 0 Å². The molecule has 2 N–H and O–H groups in total. The summed E-state index contributed by atoms with van der Waals surface area (Å²) in [7, 11) is 0. The third-order valence-corrected chi connectivity index (χ3v) is 3.42. The van der Waals surface area contributed by atoms with Crippen LogP contribution in [0.2, 0.25) is 0 Å². The fourth-order valence-corrected chi connectivity index (χ4v) is 2.23. The molecule has 1 unspecified atom stereocenters. The monoisotopic (exact) mass is 289 g/mol. The Kier molecular flexibility index (Phi) is 5.63. The molecule has 0 saturated carbocycles. The highest BCUT2D eigenvalue weighted by Crippen LogP contribution is 2.20. The van der Waals surface area contributed by atoms with E-state index in [0.717, 1.165) is 26.2 Å². The molecule has 0 aliphatic carbocycles. The maximum atomic E-state index is 11.7. The van der Waals surface area contributed by atoms with Crippen molar-refractivity contribution in [2.24, 2.45) is 0 Å². The number of ether oxygens (including phenoxy) is 1. The molecular formula is C16H23N3O2. The van der Waals surface area contributed by atoms with E-state index in [1.807, 2.05) is 24.3 Å². The fourth-order valence-electron chi connectivity index (χ4n) is 2.23. The minimum Gasteiger partial charge on any atom is -0.481 e. The molecule has 21 heavy (non-hydrogen) atoms. The first-order chi connectivity index (χ1) is 10.2. The molecular weight excluding hydrogens is 266 g/mol. The third kappa shape index (κ3) is 4.49. The van der Waals surface area contributed by atoms with Gasteiger partial charge in [-0.05, 0) is 31.2 Å². The smallest absolute Gasteiger partial charge is 0.261 e. The van der Waals surface area contributed by atoms with Gasteiger partial charge in [0.1, 0.15) is 5.75 Å². The lowest BCUT2D eigenvalue weighted by Crippen LogP contribution is -2.43. The van der Waals surface area contributed by atoms with Crippen LogP contribution in [0.15, 0.2) is 36.9 Å². The highest BCUT2D eigenvalue weighted by molar-refractivity contribution is 5.80. The second-order valence-electron chi connectivity index (χ2n) is 5.02. The Labute approximate surface area is 126 Å². The van der Waals surface area contributed by atoms with Crippen molar-refractivity contribution in [1.82, 2.24) is 10.6 Å². The number of rotatable bonds is 6. The molecule has 1 heterocycles. The van der Waals surface area contributed by atoms with Crippen molar-refractivity contribution in [3.8, 4) is 5.75 Å². The van der Waals surface area contributed by atoms with Crippen LogP contribution in [0.3, 0.4) is 0 Å². The predicted molar refractivity (Wildman–Crippen MR) is 84.8 cm³/mol. The van der Waals surface area contributed by atoms with Gasteiger partial charge in [-0.1, -0.05) is 6.08 Å². The van der Waals surface area contributed by atoms with Crippen LogP contribution in [0.25, 0.3) is 0 Å². The van der Waals surface area contributed by atoms with Gasteiger partial charge in [0.2, 0.25) is 0 Å². The lowest BCUT2D eigenvalue weighted by atomic mass is 10.2. The number of hydrogen-bond donors (Lipinski definition) is 2. The van der Waals surface area contributed by atoms with Crippen LogP contribution in [0.5, 0.6) is 5.75 Å². The lowest BCUT2D eigenvalue weighted by molar-refractivity contribution is -0.127. The summed E-state index contributed by atoms with van der Waals surface area (Å²) >= 11 is 0. The highest BCUT2D eigenvalue weighted by Gasteiger charge is 2.14. The average Bonchev–Trinajstić information content (AvgIpc) is 2.54. The number of benzene rings is 1. The molecule has 1 saturated heterocycles. The number of carbonyl (C=O) groups is 1. The second-order valence-corrected chi connectivity index (χ2v) is 5.02. The van der Waals surface area contributed by atoms with E-state index in [9.17, 15) is 4.79 Å². The molecule has 5 heteroatoms. The van der Waals surface area contributed by atoms with E-state index in [4.69, 9.17) is 4.74 Å². The molecule has 1 aliphatic heterocycles. The molecule has 0 bridgehead atoms. The van der Waals surface area contributed by atoms with Crippen molar-refractivity contribution in [2.45, 2.75) is 13.0 Å². The van der Waals surface area contributed by atoms with Crippen LogP contribution in [-0.4, -0.2) is 44.7 Å². The van der Waals surface area contributed by atoms with Crippen LogP contribution >= 0.6 is 0 Å². The zero-order chi connectivity index (χ0) is 15.1. The van der Waals surface area contributed by atoms with Crippen molar-refractivity contribution in [3.63, 3.8) is 0 Å². The van der Waals surface area contributed by atoms with Gasteiger partial charge in [-0.3, -0.25) is 4.79 Å². The van der Waals surface area contributed by atoms with E-state index in [1.165, 1.54) is 5.69 Å². The Balaban J connectivity index is 1.89. The van der Waals surface area contributed by atoms with Gasteiger partial charge in [0, 0.05) is 38.4 Å². The summed E-state index contributed by atoms with van der Waals surface area (Å²) in [5.74, 6) is 0.566. The summed E-state index contributed by atoms with van der Waals surface area (Å²) in [6, 6.07) is 7.90. The molecule has 1 aromatic rings. The van der Waals surface area contributed by atoms with E-state index in [0.29, 0.717) is 12.3 Å². The number of hydrogen-bond acceptors (Lipinski definition) is 4. The van der Waals surface area contributed by atoms with Gasteiger partial charge in [0.15, 0.2) is 6.10 Å². The zero-order valence-electron chi connectivity index (χ0n) is 12.5. The summed E-state index contributed by atoms with van der Waals surface area (Å²) in [6.07, 6.45) is 1.13. The first kappa shape index (κ1) is 15.4. The van der Waals surface area contributed by atoms with Gasteiger partial charge in [0.25, 0.3) is 5.91 Å². The summed E-state index contributed by atoms with van der Waals surface area (Å²) in [4.78, 5) is 14.1. The van der Waals surface area contributed by atoms with Gasteiger partial charge in [0.05, 0.1) is 0 Å². The summed E-state index contributed by atoms with van der Waals surface area (Å²) in [5, 5.41) is 6.05. The molecule has 5 nitrogen and oxygen atoms in total. The van der Waals surface area contributed by atoms with E-state index in [-0.39, 0.29) is 5.91 Å². The topological polar surface area (TPSA) is 53.6 Å². The number of anilines is 1. The van der Waals surface area contributed by atoms with Crippen molar-refractivity contribution in [1.29, 1.82) is 0 Å². The van der Waals surface area contributed by atoms with Crippen LogP contribution in [0.1, 0.15) is 6.92 Å². The maximum Gasteiger partial charge on any atom is 0.261 e. The Morgan fingerprint density at radius 2 is 2.10 bits per heavy atom. The zero-order valence-corrected chi connectivity index (χ0v) is 12.5. The normalized spacial score (nSPS) is 16.1. The third-order valence-electron chi connectivity index (χ3n) is 3.42. The van der Waals surface area contributed by atoms with E-state index in [1.54, 1.807) is 13.0 Å². The second kappa shape index (κ2) is 7.69. The largest absolute Gasteiger partial charge is 0.481 e.